The summed E-state index contributed by atoms with van der Waals surface area (Å²) in [6.45, 7) is 4.07. The van der Waals surface area contributed by atoms with Crippen LogP contribution in [-0.2, 0) is 0 Å². The summed E-state index contributed by atoms with van der Waals surface area (Å²) >= 11 is 1.71. The van der Waals surface area contributed by atoms with E-state index in [-0.39, 0.29) is 6.03 Å². The van der Waals surface area contributed by atoms with E-state index in [0.29, 0.717) is 6.04 Å². The second kappa shape index (κ2) is 6.71. The lowest BCUT2D eigenvalue weighted by Gasteiger charge is -2.25. The van der Waals surface area contributed by atoms with Gasteiger partial charge in [-0.05, 0) is 56.3 Å². The summed E-state index contributed by atoms with van der Waals surface area (Å²) in [5.41, 5.74) is 0.880. The van der Waals surface area contributed by atoms with Crippen molar-refractivity contribution in [2.75, 3.05) is 37.8 Å². The molecule has 0 spiro atoms. The molecule has 1 aromatic carbocycles. The zero-order chi connectivity index (χ0) is 14.7. The maximum absolute atomic E-state index is 12.5. The second-order valence-electron chi connectivity index (χ2n) is 5.79. The number of rotatable bonds is 2. The highest BCUT2D eigenvalue weighted by molar-refractivity contribution is 7.98. The summed E-state index contributed by atoms with van der Waals surface area (Å²) in [5, 5.41) is 3.03. The van der Waals surface area contributed by atoms with Gasteiger partial charge in [0.1, 0.15) is 0 Å². The van der Waals surface area contributed by atoms with Crippen molar-refractivity contribution in [2.45, 2.75) is 30.2 Å². The molecule has 1 atom stereocenters. The van der Waals surface area contributed by atoms with Crippen LogP contribution in [0.5, 0.6) is 0 Å². The summed E-state index contributed by atoms with van der Waals surface area (Å²) in [6.07, 6.45) is 5.63. The fourth-order valence-corrected chi connectivity index (χ4v) is 3.68. The molecule has 1 N–H and O–H groups in total. The number of carbonyl (C=O) groups excluding carboxylic acids is 1. The van der Waals surface area contributed by atoms with Gasteiger partial charge in [-0.1, -0.05) is 0 Å². The average Bonchev–Trinajstić information content (AvgIpc) is 2.85. The van der Waals surface area contributed by atoms with Crippen LogP contribution in [0.1, 0.15) is 19.3 Å². The van der Waals surface area contributed by atoms with E-state index < -0.39 is 0 Å². The van der Waals surface area contributed by atoms with Gasteiger partial charge in [0, 0.05) is 36.3 Å². The molecular weight excluding hydrogens is 282 g/mol. The fraction of sp³-hybridized carbons (Fsp3) is 0.562. The third kappa shape index (κ3) is 3.52. The molecule has 2 amide bonds. The van der Waals surface area contributed by atoms with E-state index >= 15 is 0 Å². The average molecular weight is 305 g/mol. The van der Waals surface area contributed by atoms with E-state index in [2.05, 4.69) is 16.5 Å². The van der Waals surface area contributed by atoms with Gasteiger partial charge in [-0.3, -0.25) is 4.90 Å². The number of hydrogen-bond donors (Lipinski definition) is 1. The minimum atomic E-state index is 0.0423. The van der Waals surface area contributed by atoms with Gasteiger partial charge in [0.05, 0.1) is 0 Å². The molecule has 2 fully saturated rings. The Balaban J connectivity index is 1.61. The van der Waals surface area contributed by atoms with E-state index in [1.807, 2.05) is 29.2 Å². The molecule has 4 nitrogen and oxygen atoms in total. The Morgan fingerprint density at radius 3 is 2.71 bits per heavy atom. The molecule has 2 saturated heterocycles. The lowest BCUT2D eigenvalue weighted by molar-refractivity contribution is 0.200. The highest BCUT2D eigenvalue weighted by atomic mass is 32.2. The zero-order valence-corrected chi connectivity index (χ0v) is 13.4. The van der Waals surface area contributed by atoms with Crippen molar-refractivity contribution in [1.29, 1.82) is 0 Å². The van der Waals surface area contributed by atoms with Crippen molar-refractivity contribution < 1.29 is 4.79 Å². The Morgan fingerprint density at radius 1 is 1.19 bits per heavy atom. The molecule has 0 aliphatic carbocycles. The van der Waals surface area contributed by atoms with Crippen LogP contribution in [-0.4, -0.2) is 54.3 Å². The maximum Gasteiger partial charge on any atom is 0.321 e. The third-order valence-corrected chi connectivity index (χ3v) is 5.18. The molecule has 0 unspecified atom stereocenters. The van der Waals surface area contributed by atoms with E-state index in [1.165, 1.54) is 24.3 Å². The van der Waals surface area contributed by atoms with Gasteiger partial charge >= 0.3 is 6.03 Å². The van der Waals surface area contributed by atoms with Crippen LogP contribution < -0.4 is 5.32 Å². The van der Waals surface area contributed by atoms with Gasteiger partial charge in [-0.2, -0.15) is 0 Å². The fourth-order valence-electron chi connectivity index (χ4n) is 3.27. The molecule has 114 valence electrons. The number of nitrogens with zero attached hydrogens (tertiary/aromatic N) is 2. The highest BCUT2D eigenvalue weighted by Gasteiger charge is 2.30. The van der Waals surface area contributed by atoms with Gasteiger partial charge in [0.25, 0.3) is 0 Å². The molecule has 0 aromatic heterocycles. The summed E-state index contributed by atoms with van der Waals surface area (Å²) in [7, 11) is 0. The number of fused-ring (bicyclic) bond motifs is 1. The number of urea groups is 1. The van der Waals surface area contributed by atoms with Crippen LogP contribution in [0.15, 0.2) is 29.2 Å². The SMILES string of the molecule is CSc1ccc(NC(=O)N2CCCN3CCC[C@H]3C2)cc1. The minimum Gasteiger partial charge on any atom is -0.323 e. The topological polar surface area (TPSA) is 35.6 Å². The Kier molecular flexibility index (Phi) is 4.70. The van der Waals surface area contributed by atoms with Gasteiger partial charge in [-0.15, -0.1) is 11.8 Å². The Morgan fingerprint density at radius 2 is 1.95 bits per heavy atom. The molecule has 1 aromatic rings. The van der Waals surface area contributed by atoms with E-state index in [4.69, 9.17) is 0 Å². The third-order valence-electron chi connectivity index (χ3n) is 4.43. The molecule has 2 aliphatic rings. The van der Waals surface area contributed by atoms with Crippen LogP contribution >= 0.6 is 11.8 Å². The van der Waals surface area contributed by atoms with Crippen LogP contribution in [0.3, 0.4) is 0 Å². The smallest absolute Gasteiger partial charge is 0.321 e. The number of hydrogen-bond acceptors (Lipinski definition) is 3. The summed E-state index contributed by atoms with van der Waals surface area (Å²) in [4.78, 5) is 18.2. The number of nitrogens with one attached hydrogen (secondary N) is 1. The first kappa shape index (κ1) is 14.7. The Labute approximate surface area is 130 Å². The molecule has 0 bridgehead atoms. The van der Waals surface area contributed by atoms with Gasteiger partial charge in [0.15, 0.2) is 0 Å². The number of anilines is 1. The highest BCUT2D eigenvalue weighted by Crippen LogP contribution is 2.22. The van der Waals surface area contributed by atoms with Crippen LogP contribution in [0, 0.1) is 0 Å². The van der Waals surface area contributed by atoms with Gasteiger partial charge < -0.3 is 10.2 Å². The van der Waals surface area contributed by atoms with Crippen LogP contribution in [0.4, 0.5) is 10.5 Å². The van der Waals surface area contributed by atoms with Crippen molar-refractivity contribution in [3.63, 3.8) is 0 Å². The normalized spacial score (nSPS) is 22.7. The van der Waals surface area contributed by atoms with Crippen molar-refractivity contribution in [3.8, 4) is 0 Å². The minimum absolute atomic E-state index is 0.0423. The summed E-state index contributed by atoms with van der Waals surface area (Å²) < 4.78 is 0. The zero-order valence-electron chi connectivity index (χ0n) is 12.5. The predicted molar refractivity (Wildman–Crippen MR) is 88.0 cm³/mol. The van der Waals surface area contributed by atoms with Crippen molar-refractivity contribution in [2.24, 2.45) is 0 Å². The molecule has 2 heterocycles. The van der Waals surface area contributed by atoms with Crippen molar-refractivity contribution in [1.82, 2.24) is 9.80 Å². The van der Waals surface area contributed by atoms with Crippen molar-refractivity contribution in [3.05, 3.63) is 24.3 Å². The first-order valence-corrected chi connectivity index (χ1v) is 8.93. The number of carbonyl (C=O) groups is 1. The van der Waals surface area contributed by atoms with Crippen LogP contribution in [0.2, 0.25) is 0 Å². The van der Waals surface area contributed by atoms with Gasteiger partial charge in [0.2, 0.25) is 0 Å². The standard InChI is InChI=1S/C16H23N3OS/c1-21-15-7-5-13(6-8-15)17-16(20)19-11-3-10-18-9-2-4-14(18)12-19/h5-8,14H,2-4,9-12H2,1H3,(H,17,20)/t14-/m0/s1. The Bertz CT molecular complexity index is 491. The maximum atomic E-state index is 12.5. The number of thioether (sulfide) groups is 1. The molecule has 21 heavy (non-hydrogen) atoms. The van der Waals surface area contributed by atoms with Crippen LogP contribution in [0.25, 0.3) is 0 Å². The first-order chi connectivity index (χ1) is 10.3. The van der Waals surface area contributed by atoms with Crippen molar-refractivity contribution >= 4 is 23.5 Å². The largest absolute Gasteiger partial charge is 0.323 e. The summed E-state index contributed by atoms with van der Waals surface area (Å²) in [6, 6.07) is 8.65. The lowest BCUT2D eigenvalue weighted by Crippen LogP contribution is -2.41. The predicted octanol–water partition coefficient (Wildman–Crippen LogP) is 3.11. The monoisotopic (exact) mass is 305 g/mol. The molecule has 2 aliphatic heterocycles. The number of benzene rings is 1. The quantitative estimate of drug-likeness (QED) is 0.853. The molecule has 0 radical (unpaired) electrons. The van der Waals surface area contributed by atoms with E-state index in [0.717, 1.165) is 31.7 Å². The molecule has 5 heteroatoms. The summed E-state index contributed by atoms with van der Waals surface area (Å²) in [5.74, 6) is 0. The second-order valence-corrected chi connectivity index (χ2v) is 6.67. The Hall–Kier alpha value is -1.20. The van der Waals surface area contributed by atoms with Gasteiger partial charge in [-0.25, -0.2) is 4.79 Å². The first-order valence-electron chi connectivity index (χ1n) is 7.70. The lowest BCUT2D eigenvalue weighted by atomic mass is 10.2. The molecular formula is C16H23N3OS. The number of amides is 2. The molecule has 0 saturated carbocycles. The molecule has 3 rings (SSSR count). The van der Waals surface area contributed by atoms with E-state index in [1.54, 1.807) is 11.8 Å². The van der Waals surface area contributed by atoms with E-state index in [9.17, 15) is 4.79 Å².